The van der Waals surface area contributed by atoms with Crippen LogP contribution in [0.1, 0.15) is 21.7 Å². The van der Waals surface area contributed by atoms with Gasteiger partial charge in [-0.1, -0.05) is 18.2 Å². The number of nitrogens with zero attached hydrogens (tertiary/aromatic N) is 2. The minimum atomic E-state index is -0.422. The average Bonchev–Trinajstić information content (AvgIpc) is 3.19. The molecule has 0 radical (unpaired) electrons. The third kappa shape index (κ3) is 4.17. The molecule has 148 valence electrons. The second kappa shape index (κ2) is 8.70. The number of aromatic nitrogens is 3. The number of aromatic amines is 1. The number of rotatable bonds is 7. The van der Waals surface area contributed by atoms with Crippen molar-refractivity contribution in [3.63, 3.8) is 0 Å². The number of para-hydroxylation sites is 1. The maximum Gasteiger partial charge on any atom is 0.271 e. The summed E-state index contributed by atoms with van der Waals surface area (Å²) in [7, 11) is 0. The SMILES string of the molecule is O=CNNC(=O)c1ccccc1Nc1ccc2c(/C=C/c3ccccn3)n[nH]c2c1. The number of hydrogen-bond donors (Lipinski definition) is 4. The molecule has 2 heterocycles. The summed E-state index contributed by atoms with van der Waals surface area (Å²) in [5.41, 5.74) is 8.77. The van der Waals surface area contributed by atoms with E-state index >= 15 is 0 Å². The Morgan fingerprint density at radius 3 is 2.70 bits per heavy atom. The fourth-order valence-electron chi connectivity index (χ4n) is 2.99. The van der Waals surface area contributed by atoms with E-state index in [4.69, 9.17) is 0 Å². The first kappa shape index (κ1) is 18.9. The quantitative estimate of drug-likeness (QED) is 0.282. The summed E-state index contributed by atoms with van der Waals surface area (Å²) in [6.07, 6.45) is 5.96. The zero-order valence-corrected chi connectivity index (χ0v) is 15.8. The predicted octanol–water partition coefficient (Wildman–Crippen LogP) is 3.26. The van der Waals surface area contributed by atoms with E-state index in [2.05, 4.69) is 31.3 Å². The van der Waals surface area contributed by atoms with Crippen LogP contribution in [0.15, 0.2) is 66.9 Å². The number of nitrogens with one attached hydrogen (secondary N) is 4. The Balaban J connectivity index is 1.56. The topological polar surface area (TPSA) is 112 Å². The highest BCUT2D eigenvalue weighted by molar-refractivity contribution is 6.01. The van der Waals surface area contributed by atoms with Crippen molar-refractivity contribution in [1.82, 2.24) is 26.0 Å². The van der Waals surface area contributed by atoms with Crippen LogP contribution in [0.2, 0.25) is 0 Å². The molecule has 0 atom stereocenters. The van der Waals surface area contributed by atoms with Crippen molar-refractivity contribution in [2.75, 3.05) is 5.32 Å². The lowest BCUT2D eigenvalue weighted by Gasteiger charge is -2.12. The first-order valence-electron chi connectivity index (χ1n) is 9.17. The van der Waals surface area contributed by atoms with E-state index in [1.807, 2.05) is 54.6 Å². The largest absolute Gasteiger partial charge is 0.355 e. The lowest BCUT2D eigenvalue weighted by atomic mass is 10.1. The predicted molar refractivity (Wildman–Crippen MR) is 116 cm³/mol. The molecular weight excluding hydrogens is 380 g/mol. The number of amides is 2. The fourth-order valence-corrected chi connectivity index (χ4v) is 2.99. The Kier molecular flexibility index (Phi) is 5.47. The fraction of sp³-hybridized carbons (Fsp3) is 0. The molecule has 4 N–H and O–H groups in total. The van der Waals surface area contributed by atoms with Gasteiger partial charge in [-0.25, -0.2) is 0 Å². The van der Waals surface area contributed by atoms with E-state index in [1.165, 1.54) is 0 Å². The molecule has 0 aliphatic rings. The van der Waals surface area contributed by atoms with E-state index in [0.717, 1.165) is 28.0 Å². The zero-order chi connectivity index (χ0) is 20.8. The van der Waals surface area contributed by atoms with Gasteiger partial charge in [0.25, 0.3) is 5.91 Å². The molecule has 0 unspecified atom stereocenters. The Labute approximate surface area is 172 Å². The van der Waals surface area contributed by atoms with Crippen LogP contribution in [-0.4, -0.2) is 27.5 Å². The van der Waals surface area contributed by atoms with Gasteiger partial charge < -0.3 is 5.32 Å². The molecule has 0 fully saturated rings. The van der Waals surface area contributed by atoms with Gasteiger partial charge in [-0.15, -0.1) is 0 Å². The number of carbonyl (C=O) groups excluding carboxylic acids is 2. The monoisotopic (exact) mass is 398 g/mol. The van der Waals surface area contributed by atoms with Gasteiger partial charge >= 0.3 is 0 Å². The Morgan fingerprint density at radius 2 is 1.87 bits per heavy atom. The molecule has 0 saturated heterocycles. The van der Waals surface area contributed by atoms with Crippen LogP contribution in [-0.2, 0) is 4.79 Å². The highest BCUT2D eigenvalue weighted by atomic mass is 16.2. The molecule has 0 bridgehead atoms. The molecule has 30 heavy (non-hydrogen) atoms. The maximum absolute atomic E-state index is 12.2. The molecule has 8 nitrogen and oxygen atoms in total. The summed E-state index contributed by atoms with van der Waals surface area (Å²) in [5.74, 6) is -0.422. The zero-order valence-electron chi connectivity index (χ0n) is 15.8. The number of benzene rings is 2. The molecule has 4 aromatic rings. The number of H-pyrrole nitrogens is 1. The molecule has 2 aromatic heterocycles. The van der Waals surface area contributed by atoms with Crippen LogP contribution in [0.4, 0.5) is 11.4 Å². The minimum absolute atomic E-state index is 0.399. The van der Waals surface area contributed by atoms with Crippen molar-refractivity contribution in [1.29, 1.82) is 0 Å². The first-order chi connectivity index (χ1) is 14.7. The third-order valence-electron chi connectivity index (χ3n) is 4.39. The van der Waals surface area contributed by atoms with Crippen LogP contribution in [0, 0.1) is 0 Å². The average molecular weight is 398 g/mol. The van der Waals surface area contributed by atoms with E-state index in [1.54, 1.807) is 24.4 Å². The minimum Gasteiger partial charge on any atom is -0.355 e. The molecule has 4 rings (SSSR count). The number of hydrogen-bond acceptors (Lipinski definition) is 5. The summed E-state index contributed by atoms with van der Waals surface area (Å²) >= 11 is 0. The Morgan fingerprint density at radius 1 is 1.00 bits per heavy atom. The molecule has 2 amide bonds. The van der Waals surface area contributed by atoms with Gasteiger partial charge in [-0.3, -0.25) is 30.5 Å². The highest BCUT2D eigenvalue weighted by Gasteiger charge is 2.11. The summed E-state index contributed by atoms with van der Waals surface area (Å²) < 4.78 is 0. The van der Waals surface area contributed by atoms with Crippen molar-refractivity contribution in [3.8, 4) is 0 Å². The van der Waals surface area contributed by atoms with Gasteiger partial charge in [-0.2, -0.15) is 5.10 Å². The van der Waals surface area contributed by atoms with Crippen molar-refractivity contribution >= 4 is 46.7 Å². The van der Waals surface area contributed by atoms with E-state index in [-0.39, 0.29) is 0 Å². The molecule has 0 saturated carbocycles. The van der Waals surface area contributed by atoms with E-state index in [0.29, 0.717) is 17.7 Å². The van der Waals surface area contributed by atoms with Crippen LogP contribution in [0.5, 0.6) is 0 Å². The summed E-state index contributed by atoms with van der Waals surface area (Å²) in [6, 6.07) is 18.5. The Hall–Kier alpha value is -4.46. The van der Waals surface area contributed by atoms with Crippen molar-refractivity contribution in [3.05, 3.63) is 83.8 Å². The van der Waals surface area contributed by atoms with Gasteiger partial charge in [0.15, 0.2) is 0 Å². The lowest BCUT2D eigenvalue weighted by Crippen LogP contribution is -2.36. The number of carbonyl (C=O) groups is 2. The highest BCUT2D eigenvalue weighted by Crippen LogP contribution is 2.25. The van der Waals surface area contributed by atoms with E-state index in [9.17, 15) is 9.59 Å². The van der Waals surface area contributed by atoms with Gasteiger partial charge in [-0.05, 0) is 54.6 Å². The third-order valence-corrected chi connectivity index (χ3v) is 4.39. The van der Waals surface area contributed by atoms with Crippen molar-refractivity contribution in [2.24, 2.45) is 0 Å². The molecule has 8 heteroatoms. The van der Waals surface area contributed by atoms with Gasteiger partial charge in [0.1, 0.15) is 0 Å². The van der Waals surface area contributed by atoms with Crippen molar-refractivity contribution in [2.45, 2.75) is 0 Å². The molecule has 2 aromatic carbocycles. The van der Waals surface area contributed by atoms with E-state index < -0.39 is 5.91 Å². The molecular formula is C22H18N6O2. The molecule has 0 aliphatic heterocycles. The smallest absolute Gasteiger partial charge is 0.271 e. The van der Waals surface area contributed by atoms with Gasteiger partial charge in [0.2, 0.25) is 6.41 Å². The summed E-state index contributed by atoms with van der Waals surface area (Å²) in [4.78, 5) is 26.9. The van der Waals surface area contributed by atoms with Gasteiger partial charge in [0.05, 0.1) is 28.2 Å². The normalized spacial score (nSPS) is 10.8. The number of pyridine rings is 1. The number of anilines is 2. The number of fused-ring (bicyclic) bond motifs is 1. The van der Waals surface area contributed by atoms with Crippen LogP contribution in [0.3, 0.4) is 0 Å². The summed E-state index contributed by atoms with van der Waals surface area (Å²) in [5, 5.41) is 11.6. The Bertz CT molecular complexity index is 1220. The summed E-state index contributed by atoms with van der Waals surface area (Å²) in [6.45, 7) is 0. The van der Waals surface area contributed by atoms with Crippen LogP contribution in [0.25, 0.3) is 23.1 Å². The standard InChI is InChI=1S/C22H18N6O2/c29-14-24-28-22(30)18-6-1-2-7-19(18)25-16-8-10-17-20(26-27-21(17)13-16)11-9-15-5-3-4-12-23-15/h1-14,25H,(H,24,29)(H,26,27)(H,28,30)/b11-9+. The number of hydrazine groups is 1. The lowest BCUT2D eigenvalue weighted by molar-refractivity contribution is -0.110. The second-order valence-electron chi connectivity index (χ2n) is 6.34. The maximum atomic E-state index is 12.2. The second-order valence-corrected chi connectivity index (χ2v) is 6.34. The molecule has 0 aliphatic carbocycles. The first-order valence-corrected chi connectivity index (χ1v) is 9.17. The van der Waals surface area contributed by atoms with Crippen LogP contribution >= 0.6 is 0 Å². The molecule has 0 spiro atoms. The van der Waals surface area contributed by atoms with Crippen molar-refractivity contribution < 1.29 is 9.59 Å². The van der Waals surface area contributed by atoms with Crippen LogP contribution < -0.4 is 16.2 Å². The van der Waals surface area contributed by atoms with Gasteiger partial charge in [0, 0.05) is 17.3 Å².